The van der Waals surface area contributed by atoms with Crippen LogP contribution in [0.15, 0.2) is 22.7 Å². The van der Waals surface area contributed by atoms with Crippen molar-refractivity contribution in [1.29, 1.82) is 0 Å². The van der Waals surface area contributed by atoms with Gasteiger partial charge in [0.2, 0.25) is 0 Å². The number of aromatic nitrogens is 2. The number of rotatable bonds is 5. The molecule has 2 heterocycles. The normalized spacial score (nSPS) is 18.9. The molecule has 7 heteroatoms. The molecule has 0 aliphatic carbocycles. The Morgan fingerprint density at radius 3 is 2.83 bits per heavy atom. The summed E-state index contributed by atoms with van der Waals surface area (Å²) in [6.45, 7) is 2.78. The first-order valence-corrected chi connectivity index (χ1v) is 7.86. The summed E-state index contributed by atoms with van der Waals surface area (Å²) < 4.78 is 15.9. The Morgan fingerprint density at radius 2 is 2.08 bits per heavy atom. The van der Waals surface area contributed by atoms with Crippen LogP contribution in [0.4, 0.5) is 0 Å². The number of hydrogen-bond acceptors (Lipinski definition) is 7. The lowest BCUT2D eigenvalue weighted by molar-refractivity contribution is 0.190. The van der Waals surface area contributed by atoms with Gasteiger partial charge in [-0.15, -0.1) is 0 Å². The highest BCUT2D eigenvalue weighted by Crippen LogP contribution is 2.28. The summed E-state index contributed by atoms with van der Waals surface area (Å²) in [5, 5.41) is 7.45. The minimum atomic E-state index is 0.144. The molecule has 1 aliphatic heterocycles. The lowest BCUT2D eigenvalue weighted by atomic mass is 10.2. The average Bonchev–Trinajstić information content (AvgIpc) is 3.08. The number of nitrogens with zero attached hydrogens (tertiary/aromatic N) is 3. The van der Waals surface area contributed by atoms with Crippen LogP contribution in [-0.4, -0.2) is 55.9 Å². The second kappa shape index (κ2) is 7.46. The molecular weight excluding hydrogens is 308 g/mol. The Balaban J connectivity index is 1.73. The van der Waals surface area contributed by atoms with Crippen LogP contribution in [0.2, 0.25) is 0 Å². The smallest absolute Gasteiger partial charge is 0.250 e. The maximum Gasteiger partial charge on any atom is 0.250 e. The van der Waals surface area contributed by atoms with E-state index >= 15 is 0 Å². The zero-order chi connectivity index (χ0) is 16.9. The van der Waals surface area contributed by atoms with Crippen molar-refractivity contribution in [3.8, 4) is 11.5 Å². The number of ether oxygens (including phenoxy) is 2. The summed E-state index contributed by atoms with van der Waals surface area (Å²) in [5.74, 6) is 2.57. The fraction of sp³-hybridized carbons (Fsp3) is 0.412. The van der Waals surface area contributed by atoms with Crippen molar-refractivity contribution in [2.75, 3.05) is 40.9 Å². The van der Waals surface area contributed by atoms with E-state index in [0.717, 1.165) is 25.2 Å². The van der Waals surface area contributed by atoms with Crippen LogP contribution in [-0.2, 0) is 0 Å². The molecule has 1 aromatic carbocycles. The molecule has 1 unspecified atom stereocenters. The molecule has 7 nitrogen and oxygen atoms in total. The van der Waals surface area contributed by atoms with Gasteiger partial charge in [0.25, 0.3) is 5.89 Å². The Kier molecular flexibility index (Phi) is 5.12. The van der Waals surface area contributed by atoms with Crippen LogP contribution in [0.5, 0.6) is 11.5 Å². The van der Waals surface area contributed by atoms with E-state index in [1.54, 1.807) is 20.3 Å². The van der Waals surface area contributed by atoms with Gasteiger partial charge in [-0.2, -0.15) is 4.98 Å². The molecule has 0 bridgehead atoms. The maximum absolute atomic E-state index is 5.33. The zero-order valence-corrected chi connectivity index (χ0v) is 14.2. The van der Waals surface area contributed by atoms with Crippen LogP contribution < -0.4 is 14.8 Å². The van der Waals surface area contributed by atoms with E-state index in [2.05, 4.69) is 27.4 Å². The summed E-state index contributed by atoms with van der Waals surface area (Å²) in [7, 11) is 5.30. The van der Waals surface area contributed by atoms with Crippen LogP contribution in [0, 0.1) is 0 Å². The first kappa shape index (κ1) is 16.5. The number of hydrogen-bond donors (Lipinski definition) is 1. The monoisotopic (exact) mass is 330 g/mol. The van der Waals surface area contributed by atoms with E-state index in [9.17, 15) is 0 Å². The number of methoxy groups -OCH3 is 2. The number of nitrogens with one attached hydrogen (secondary N) is 1. The quantitative estimate of drug-likeness (QED) is 0.896. The molecule has 0 radical (unpaired) electrons. The molecule has 24 heavy (non-hydrogen) atoms. The fourth-order valence-electron chi connectivity index (χ4n) is 2.67. The van der Waals surface area contributed by atoms with Gasteiger partial charge in [0.15, 0.2) is 17.3 Å². The third-order valence-corrected chi connectivity index (χ3v) is 4.09. The molecule has 1 saturated heterocycles. The van der Waals surface area contributed by atoms with E-state index < -0.39 is 0 Å². The largest absolute Gasteiger partial charge is 0.493 e. The summed E-state index contributed by atoms with van der Waals surface area (Å²) in [5.41, 5.74) is 0.962. The van der Waals surface area contributed by atoms with Crippen molar-refractivity contribution < 1.29 is 14.0 Å². The SMILES string of the molecule is COc1ccc(/C=C/c2nc(C3CNCCN3C)no2)cc1OC. The van der Waals surface area contributed by atoms with E-state index in [-0.39, 0.29) is 6.04 Å². The van der Waals surface area contributed by atoms with E-state index in [1.807, 2.05) is 24.3 Å². The summed E-state index contributed by atoms with van der Waals surface area (Å²) in [6.07, 6.45) is 3.70. The molecule has 1 fully saturated rings. The lowest BCUT2D eigenvalue weighted by Crippen LogP contribution is -2.44. The highest BCUT2D eigenvalue weighted by Gasteiger charge is 2.24. The third kappa shape index (κ3) is 3.58. The number of piperazine rings is 1. The van der Waals surface area contributed by atoms with Crippen molar-refractivity contribution in [2.45, 2.75) is 6.04 Å². The average molecular weight is 330 g/mol. The predicted molar refractivity (Wildman–Crippen MR) is 91.0 cm³/mol. The topological polar surface area (TPSA) is 72.7 Å². The zero-order valence-electron chi connectivity index (χ0n) is 14.2. The highest BCUT2D eigenvalue weighted by molar-refractivity contribution is 5.67. The van der Waals surface area contributed by atoms with E-state index in [0.29, 0.717) is 23.2 Å². The Bertz CT molecular complexity index is 714. The van der Waals surface area contributed by atoms with Gasteiger partial charge in [-0.3, -0.25) is 4.90 Å². The van der Waals surface area contributed by atoms with Crippen molar-refractivity contribution in [2.24, 2.45) is 0 Å². The second-order valence-corrected chi connectivity index (χ2v) is 5.64. The molecule has 3 rings (SSSR count). The van der Waals surface area contributed by atoms with Crippen LogP contribution in [0.25, 0.3) is 12.2 Å². The van der Waals surface area contributed by atoms with Crippen molar-refractivity contribution in [3.05, 3.63) is 35.5 Å². The Hall–Kier alpha value is -2.38. The van der Waals surface area contributed by atoms with E-state index in [1.165, 1.54) is 0 Å². The molecule has 1 aliphatic rings. The van der Waals surface area contributed by atoms with E-state index in [4.69, 9.17) is 14.0 Å². The van der Waals surface area contributed by atoms with Crippen molar-refractivity contribution in [1.82, 2.24) is 20.4 Å². The predicted octanol–water partition coefficient (Wildman–Crippen LogP) is 1.83. The van der Waals surface area contributed by atoms with Crippen LogP contribution in [0.1, 0.15) is 23.3 Å². The number of likely N-dealkylation sites (N-methyl/N-ethyl adjacent to an activating group) is 1. The molecule has 1 N–H and O–H groups in total. The van der Waals surface area contributed by atoms with Gasteiger partial charge in [-0.05, 0) is 30.8 Å². The van der Waals surface area contributed by atoms with Gasteiger partial charge in [0.1, 0.15) is 0 Å². The number of benzene rings is 1. The first-order valence-electron chi connectivity index (χ1n) is 7.86. The minimum Gasteiger partial charge on any atom is -0.493 e. The van der Waals surface area contributed by atoms with Crippen LogP contribution >= 0.6 is 0 Å². The van der Waals surface area contributed by atoms with Crippen molar-refractivity contribution in [3.63, 3.8) is 0 Å². The molecule has 1 aromatic heterocycles. The first-order chi connectivity index (χ1) is 11.7. The molecule has 0 saturated carbocycles. The Morgan fingerprint density at radius 1 is 1.25 bits per heavy atom. The van der Waals surface area contributed by atoms with Crippen molar-refractivity contribution >= 4 is 12.2 Å². The van der Waals surface area contributed by atoms with Gasteiger partial charge in [-0.1, -0.05) is 11.2 Å². The summed E-state index contributed by atoms with van der Waals surface area (Å²) in [4.78, 5) is 6.70. The fourth-order valence-corrected chi connectivity index (χ4v) is 2.67. The molecule has 128 valence electrons. The molecule has 0 spiro atoms. The van der Waals surface area contributed by atoms with Gasteiger partial charge >= 0.3 is 0 Å². The summed E-state index contributed by atoms with van der Waals surface area (Å²) >= 11 is 0. The maximum atomic E-state index is 5.33. The highest BCUT2D eigenvalue weighted by atomic mass is 16.5. The van der Waals surface area contributed by atoms with Gasteiger partial charge in [0.05, 0.1) is 20.3 Å². The van der Waals surface area contributed by atoms with Gasteiger partial charge in [-0.25, -0.2) is 0 Å². The molecule has 2 aromatic rings. The third-order valence-electron chi connectivity index (χ3n) is 4.09. The molecule has 1 atom stereocenters. The molecular formula is C17H22N4O3. The molecule has 0 amide bonds. The Labute approximate surface area is 141 Å². The van der Waals surface area contributed by atoms with Gasteiger partial charge < -0.3 is 19.3 Å². The lowest BCUT2D eigenvalue weighted by Gasteiger charge is -2.30. The van der Waals surface area contributed by atoms with Crippen LogP contribution in [0.3, 0.4) is 0 Å². The van der Waals surface area contributed by atoms with Gasteiger partial charge in [0, 0.05) is 25.7 Å². The summed E-state index contributed by atoms with van der Waals surface area (Å²) in [6, 6.07) is 5.84. The minimum absolute atomic E-state index is 0.144. The second-order valence-electron chi connectivity index (χ2n) is 5.64. The standard InChI is InChI=1S/C17H22N4O3/c1-21-9-8-18-11-13(21)17-19-16(24-20-17)7-5-12-4-6-14(22-2)15(10-12)23-3/h4-7,10,13,18H,8-9,11H2,1-3H3/b7-5+.